The standard InChI is InChI=1S/C13H15N3O/c1-7(2)9-4-5-11(17)12-10(6-9)8(3)15-13(14)16-12/h4-7H,1-3H3,(H2,14,15,16). The molecule has 17 heavy (non-hydrogen) atoms. The third kappa shape index (κ3) is 2.11. The van der Waals surface area contributed by atoms with E-state index in [0.717, 1.165) is 16.6 Å². The molecule has 1 aromatic carbocycles. The molecule has 1 heterocycles. The summed E-state index contributed by atoms with van der Waals surface area (Å²) >= 11 is 0. The van der Waals surface area contributed by atoms with Gasteiger partial charge in [-0.2, -0.15) is 0 Å². The molecule has 0 saturated carbocycles. The van der Waals surface area contributed by atoms with E-state index in [1.54, 1.807) is 6.07 Å². The summed E-state index contributed by atoms with van der Waals surface area (Å²) in [6, 6.07) is 5.35. The quantitative estimate of drug-likeness (QED) is 0.812. The Hall–Kier alpha value is -1.97. The molecule has 4 nitrogen and oxygen atoms in total. The van der Waals surface area contributed by atoms with Crippen LogP contribution in [0.1, 0.15) is 31.0 Å². The highest BCUT2D eigenvalue weighted by molar-refractivity contribution is 5.81. The second kappa shape index (κ2) is 4.13. The lowest BCUT2D eigenvalue weighted by atomic mass is 10.0. The molecule has 0 aliphatic carbocycles. The van der Waals surface area contributed by atoms with Gasteiger partial charge in [0.15, 0.2) is 0 Å². The molecule has 2 rings (SSSR count). The average Bonchev–Trinajstić information content (AvgIpc) is 2.39. The average molecular weight is 229 g/mol. The van der Waals surface area contributed by atoms with Crippen molar-refractivity contribution in [3.05, 3.63) is 39.7 Å². The number of nitrogens with zero attached hydrogens (tertiary/aromatic N) is 2. The van der Waals surface area contributed by atoms with Crippen LogP contribution in [0.15, 0.2) is 23.0 Å². The summed E-state index contributed by atoms with van der Waals surface area (Å²) in [6.07, 6.45) is 0. The fourth-order valence-corrected chi connectivity index (χ4v) is 1.79. The minimum absolute atomic E-state index is 0.121. The van der Waals surface area contributed by atoms with Crippen LogP contribution in [0.25, 0.3) is 10.9 Å². The highest BCUT2D eigenvalue weighted by atomic mass is 16.1. The van der Waals surface area contributed by atoms with E-state index in [2.05, 4.69) is 23.8 Å². The summed E-state index contributed by atoms with van der Waals surface area (Å²) in [5.41, 5.74) is 7.67. The van der Waals surface area contributed by atoms with E-state index in [1.807, 2.05) is 19.1 Å². The molecule has 0 aliphatic rings. The Labute approximate surface area is 99.5 Å². The van der Waals surface area contributed by atoms with Gasteiger partial charge in [-0.1, -0.05) is 19.9 Å². The second-order valence-corrected chi connectivity index (χ2v) is 4.43. The molecule has 0 bridgehead atoms. The Morgan fingerprint density at radius 1 is 1.24 bits per heavy atom. The molecule has 0 radical (unpaired) electrons. The van der Waals surface area contributed by atoms with E-state index >= 15 is 0 Å². The van der Waals surface area contributed by atoms with Gasteiger partial charge in [0.1, 0.15) is 5.52 Å². The van der Waals surface area contributed by atoms with Crippen LogP contribution >= 0.6 is 0 Å². The first-order valence-electron chi connectivity index (χ1n) is 5.57. The van der Waals surface area contributed by atoms with Crippen LogP contribution in [-0.2, 0) is 0 Å². The summed E-state index contributed by atoms with van der Waals surface area (Å²) in [5.74, 6) is 0.492. The normalized spacial score (nSPS) is 11.1. The predicted molar refractivity (Wildman–Crippen MR) is 69.0 cm³/mol. The number of hydrogen-bond acceptors (Lipinski definition) is 4. The third-order valence-electron chi connectivity index (χ3n) is 2.79. The van der Waals surface area contributed by atoms with E-state index < -0.39 is 0 Å². The Morgan fingerprint density at radius 2 is 1.94 bits per heavy atom. The maximum atomic E-state index is 11.9. The number of aromatic nitrogens is 2. The summed E-state index contributed by atoms with van der Waals surface area (Å²) < 4.78 is 0. The van der Waals surface area contributed by atoms with Gasteiger partial charge in [-0.3, -0.25) is 4.79 Å². The number of fused-ring (bicyclic) bond motifs is 1. The molecule has 0 unspecified atom stereocenters. The van der Waals surface area contributed by atoms with Crippen molar-refractivity contribution in [1.29, 1.82) is 0 Å². The summed E-state index contributed by atoms with van der Waals surface area (Å²) in [6.45, 7) is 6.00. The van der Waals surface area contributed by atoms with Crippen molar-refractivity contribution in [2.45, 2.75) is 26.7 Å². The van der Waals surface area contributed by atoms with Gasteiger partial charge >= 0.3 is 0 Å². The van der Waals surface area contributed by atoms with Gasteiger partial charge in [0.25, 0.3) is 0 Å². The molecule has 0 saturated heterocycles. The van der Waals surface area contributed by atoms with Crippen LogP contribution in [0.2, 0.25) is 0 Å². The van der Waals surface area contributed by atoms with Crippen molar-refractivity contribution < 1.29 is 0 Å². The number of anilines is 1. The fourth-order valence-electron chi connectivity index (χ4n) is 1.79. The minimum Gasteiger partial charge on any atom is -0.368 e. The van der Waals surface area contributed by atoms with Gasteiger partial charge < -0.3 is 5.73 Å². The SMILES string of the molecule is Cc1nc(N)nc2c(=O)ccc(C(C)C)cc12. The number of aryl methyl sites for hydroxylation is 1. The predicted octanol–water partition coefficient (Wildman–Crippen LogP) is 2.00. The van der Waals surface area contributed by atoms with Crippen LogP contribution < -0.4 is 11.2 Å². The number of rotatable bonds is 1. The maximum absolute atomic E-state index is 11.9. The number of nitrogens with two attached hydrogens (primary N) is 1. The van der Waals surface area contributed by atoms with Crippen molar-refractivity contribution >= 4 is 16.9 Å². The molecule has 0 spiro atoms. The number of hydrogen-bond donors (Lipinski definition) is 1. The Kier molecular flexibility index (Phi) is 2.79. The van der Waals surface area contributed by atoms with Gasteiger partial charge in [-0.05, 0) is 30.5 Å². The molecule has 1 aromatic heterocycles. The lowest BCUT2D eigenvalue weighted by molar-refractivity contribution is 0.869. The highest BCUT2D eigenvalue weighted by Crippen LogP contribution is 2.18. The largest absolute Gasteiger partial charge is 0.368 e. The molecule has 0 fully saturated rings. The van der Waals surface area contributed by atoms with Crippen LogP contribution in [0.3, 0.4) is 0 Å². The van der Waals surface area contributed by atoms with E-state index in [0.29, 0.717) is 11.4 Å². The van der Waals surface area contributed by atoms with E-state index in [9.17, 15) is 4.79 Å². The summed E-state index contributed by atoms with van der Waals surface area (Å²) in [7, 11) is 0. The van der Waals surface area contributed by atoms with Crippen molar-refractivity contribution in [3.8, 4) is 0 Å². The van der Waals surface area contributed by atoms with Crippen LogP contribution in [0.5, 0.6) is 0 Å². The first kappa shape index (κ1) is 11.5. The maximum Gasteiger partial charge on any atom is 0.220 e. The molecule has 0 aliphatic heterocycles. The van der Waals surface area contributed by atoms with Gasteiger partial charge in [0.2, 0.25) is 11.4 Å². The van der Waals surface area contributed by atoms with Gasteiger partial charge in [-0.25, -0.2) is 9.97 Å². The fraction of sp³-hybridized carbons (Fsp3) is 0.308. The molecule has 88 valence electrons. The molecule has 2 aromatic rings. The molecule has 4 heteroatoms. The van der Waals surface area contributed by atoms with E-state index in [1.165, 1.54) is 0 Å². The topological polar surface area (TPSA) is 68.9 Å². The van der Waals surface area contributed by atoms with Gasteiger partial charge in [-0.15, -0.1) is 0 Å². The Balaban J connectivity index is 2.95. The molecule has 0 amide bonds. The zero-order chi connectivity index (χ0) is 12.6. The van der Waals surface area contributed by atoms with Gasteiger partial charge in [0.05, 0.1) is 5.69 Å². The van der Waals surface area contributed by atoms with Crippen LogP contribution in [0, 0.1) is 6.92 Å². The Bertz CT molecular complexity index is 635. The third-order valence-corrected chi connectivity index (χ3v) is 2.79. The van der Waals surface area contributed by atoms with Crippen LogP contribution in [-0.4, -0.2) is 9.97 Å². The molecular formula is C13H15N3O. The highest BCUT2D eigenvalue weighted by Gasteiger charge is 2.07. The first-order chi connectivity index (χ1) is 7.99. The smallest absolute Gasteiger partial charge is 0.220 e. The summed E-state index contributed by atoms with van der Waals surface area (Å²) in [4.78, 5) is 20.0. The zero-order valence-corrected chi connectivity index (χ0v) is 10.2. The van der Waals surface area contributed by atoms with E-state index in [-0.39, 0.29) is 11.4 Å². The number of nitrogen functional groups attached to an aromatic ring is 1. The molecule has 2 N–H and O–H groups in total. The first-order valence-corrected chi connectivity index (χ1v) is 5.57. The minimum atomic E-state index is -0.121. The van der Waals surface area contributed by atoms with Gasteiger partial charge in [0, 0.05) is 5.39 Å². The monoisotopic (exact) mass is 229 g/mol. The van der Waals surface area contributed by atoms with Crippen molar-refractivity contribution in [1.82, 2.24) is 9.97 Å². The Morgan fingerprint density at radius 3 is 2.59 bits per heavy atom. The van der Waals surface area contributed by atoms with Crippen molar-refractivity contribution in [3.63, 3.8) is 0 Å². The van der Waals surface area contributed by atoms with Crippen molar-refractivity contribution in [2.24, 2.45) is 0 Å². The molecular weight excluding hydrogens is 214 g/mol. The second-order valence-electron chi connectivity index (χ2n) is 4.43. The summed E-state index contributed by atoms with van der Waals surface area (Å²) in [5, 5.41) is 0.776. The lowest BCUT2D eigenvalue weighted by Gasteiger charge is -2.03. The van der Waals surface area contributed by atoms with Crippen molar-refractivity contribution in [2.75, 3.05) is 5.73 Å². The van der Waals surface area contributed by atoms with Crippen LogP contribution in [0.4, 0.5) is 5.95 Å². The van der Waals surface area contributed by atoms with E-state index in [4.69, 9.17) is 5.73 Å². The molecule has 0 atom stereocenters. The zero-order valence-electron chi connectivity index (χ0n) is 10.2. The lowest BCUT2D eigenvalue weighted by Crippen LogP contribution is -2.04.